The SMILES string of the molecule is C#CC(COP(=O)(N[C@@H](C)C(=O)OCCCCCCCCCCCCCCCCCC)Oc1ccccc1)(OC)[C@@H](O)Cn1cnc2c(N)nc(F)nc21. The molecule has 1 aromatic carbocycles. The normalized spacial score (nSPS) is 14.9. The van der Waals surface area contributed by atoms with Crippen LogP contribution in [0.15, 0.2) is 36.7 Å². The third kappa shape index (κ3) is 14.9. The molecular formula is C39H60FN6O7P. The number of ether oxygens (including phenoxy) is 2. The average Bonchev–Trinajstić information content (AvgIpc) is 3.56. The van der Waals surface area contributed by atoms with Crippen molar-refractivity contribution < 1.29 is 37.4 Å². The molecule has 0 radical (unpaired) electrons. The predicted molar refractivity (Wildman–Crippen MR) is 208 cm³/mol. The van der Waals surface area contributed by atoms with Crippen molar-refractivity contribution in [3.63, 3.8) is 0 Å². The van der Waals surface area contributed by atoms with Crippen LogP contribution in [-0.2, 0) is 29.9 Å². The number of rotatable bonds is 29. The minimum Gasteiger partial charge on any atom is -0.465 e. The first kappa shape index (κ1) is 44.8. The van der Waals surface area contributed by atoms with Gasteiger partial charge >= 0.3 is 19.8 Å². The second kappa shape index (κ2) is 24.0. The topological polar surface area (TPSA) is 173 Å². The number of nitrogen functional groups attached to an aromatic ring is 1. The lowest BCUT2D eigenvalue weighted by atomic mass is 9.98. The number of aromatic nitrogens is 4. The standard InChI is InChI=1S/C39H60FN6O7P/c1-5-7-8-9-10-11-12-13-14-15-16-17-18-19-20-24-27-51-37(48)31(3)45-54(49,53-32-25-22-21-23-26-32)52-29-39(6-2,50-4)33(47)28-46-30-42-34-35(41)43-38(40)44-36(34)46/h2,21-23,25-26,30-31,33,47H,5,7-20,24,27-29H2,1,3-4H3,(H,45,49)(H2,41,43,44)/t31-,33-,39?,54?/m0/s1. The quantitative estimate of drug-likeness (QED) is 0.0205. The van der Waals surface area contributed by atoms with E-state index in [-0.39, 0.29) is 35.9 Å². The summed E-state index contributed by atoms with van der Waals surface area (Å²) in [7, 11) is -3.11. The van der Waals surface area contributed by atoms with Gasteiger partial charge in [-0.05, 0) is 25.5 Å². The van der Waals surface area contributed by atoms with Crippen molar-refractivity contribution in [2.45, 2.75) is 141 Å². The highest BCUT2D eigenvalue weighted by molar-refractivity contribution is 7.52. The number of anilines is 1. The number of carbonyl (C=O) groups excluding carboxylic acids is 1. The van der Waals surface area contributed by atoms with Gasteiger partial charge < -0.3 is 29.4 Å². The molecule has 54 heavy (non-hydrogen) atoms. The number of nitrogens with two attached hydrogens (primary N) is 1. The van der Waals surface area contributed by atoms with E-state index in [0.717, 1.165) is 25.7 Å². The number of methoxy groups -OCH3 is 1. The number of halogens is 1. The molecule has 2 heterocycles. The molecule has 0 aliphatic heterocycles. The Morgan fingerprint density at radius 1 is 1.00 bits per heavy atom. The number of aliphatic hydroxyl groups is 1. The van der Waals surface area contributed by atoms with Gasteiger partial charge in [0.25, 0.3) is 0 Å². The maximum absolute atomic E-state index is 14.1. The fourth-order valence-electron chi connectivity index (χ4n) is 6.02. The van der Waals surface area contributed by atoms with Crippen molar-refractivity contribution in [1.29, 1.82) is 0 Å². The second-order valence-corrected chi connectivity index (χ2v) is 15.4. The molecule has 0 amide bonds. The van der Waals surface area contributed by atoms with Crippen molar-refractivity contribution in [3.8, 4) is 18.1 Å². The van der Waals surface area contributed by atoms with E-state index >= 15 is 0 Å². The van der Waals surface area contributed by atoms with Gasteiger partial charge in [-0.2, -0.15) is 19.4 Å². The highest BCUT2D eigenvalue weighted by Crippen LogP contribution is 2.46. The van der Waals surface area contributed by atoms with Crippen LogP contribution in [0, 0.1) is 18.4 Å². The maximum atomic E-state index is 14.1. The highest BCUT2D eigenvalue weighted by Gasteiger charge is 2.42. The van der Waals surface area contributed by atoms with E-state index < -0.39 is 44.1 Å². The molecule has 4 atom stereocenters. The van der Waals surface area contributed by atoms with Crippen molar-refractivity contribution in [2.75, 3.05) is 26.1 Å². The summed E-state index contributed by atoms with van der Waals surface area (Å²) in [6.45, 7) is 3.04. The Morgan fingerprint density at radius 3 is 2.13 bits per heavy atom. The molecule has 3 rings (SSSR count). The summed E-state index contributed by atoms with van der Waals surface area (Å²) in [4.78, 5) is 24.2. The molecule has 0 bridgehead atoms. The fourth-order valence-corrected chi connectivity index (χ4v) is 7.54. The zero-order valence-corrected chi connectivity index (χ0v) is 33.1. The molecule has 0 saturated heterocycles. The molecule has 0 saturated carbocycles. The van der Waals surface area contributed by atoms with Crippen LogP contribution < -0.4 is 15.3 Å². The van der Waals surface area contributed by atoms with E-state index in [0.29, 0.717) is 0 Å². The number of para-hydroxylation sites is 1. The van der Waals surface area contributed by atoms with E-state index in [2.05, 4.69) is 32.9 Å². The first-order valence-corrected chi connectivity index (χ1v) is 20.9. The van der Waals surface area contributed by atoms with Gasteiger partial charge in [0.2, 0.25) is 0 Å². The maximum Gasteiger partial charge on any atom is 0.459 e. The van der Waals surface area contributed by atoms with Crippen LogP contribution in [0.4, 0.5) is 10.2 Å². The number of esters is 1. The number of aliphatic hydroxyl groups excluding tert-OH is 1. The lowest BCUT2D eigenvalue weighted by molar-refractivity contribution is -0.145. The number of carbonyl (C=O) groups is 1. The van der Waals surface area contributed by atoms with Crippen molar-refractivity contribution in [3.05, 3.63) is 42.7 Å². The van der Waals surface area contributed by atoms with Crippen LogP contribution in [0.3, 0.4) is 0 Å². The average molecular weight is 775 g/mol. The minimum atomic E-state index is -4.36. The second-order valence-electron chi connectivity index (χ2n) is 13.7. The monoisotopic (exact) mass is 774 g/mol. The zero-order chi connectivity index (χ0) is 39.2. The summed E-state index contributed by atoms with van der Waals surface area (Å²) in [5, 5.41) is 13.9. The first-order chi connectivity index (χ1) is 26.1. The molecule has 4 N–H and O–H groups in total. The van der Waals surface area contributed by atoms with Crippen molar-refractivity contribution in [1.82, 2.24) is 24.6 Å². The van der Waals surface area contributed by atoms with Gasteiger partial charge in [-0.25, -0.2) is 9.55 Å². The number of hydrogen-bond donors (Lipinski definition) is 3. The highest BCUT2D eigenvalue weighted by atomic mass is 31.2. The van der Waals surface area contributed by atoms with Gasteiger partial charge in [0, 0.05) is 7.11 Å². The van der Waals surface area contributed by atoms with Crippen LogP contribution in [0.1, 0.15) is 117 Å². The summed E-state index contributed by atoms with van der Waals surface area (Å²) in [5.41, 5.74) is 4.02. The fraction of sp³-hybridized carbons (Fsp3) is 0.641. The molecule has 15 heteroatoms. The molecule has 2 aromatic heterocycles. The van der Waals surface area contributed by atoms with E-state index in [1.54, 1.807) is 30.3 Å². The van der Waals surface area contributed by atoms with E-state index in [1.807, 2.05) is 0 Å². The van der Waals surface area contributed by atoms with Crippen molar-refractivity contribution >= 4 is 30.7 Å². The van der Waals surface area contributed by atoms with E-state index in [1.165, 1.54) is 102 Å². The summed E-state index contributed by atoms with van der Waals surface area (Å²) in [6.07, 6.45) is 24.4. The Kier molecular flexibility index (Phi) is 19.9. The Balaban J connectivity index is 1.45. The van der Waals surface area contributed by atoms with Gasteiger partial charge in [0.1, 0.15) is 30.0 Å². The summed E-state index contributed by atoms with van der Waals surface area (Å²) in [6, 6.07) is 7.14. The molecule has 0 aliphatic carbocycles. The van der Waals surface area contributed by atoms with E-state index in [9.17, 15) is 18.9 Å². The molecule has 0 fully saturated rings. The third-order valence-electron chi connectivity index (χ3n) is 9.35. The Bertz CT molecular complexity index is 1620. The Hall–Kier alpha value is -3.60. The number of benzene rings is 1. The molecule has 0 aliphatic rings. The Morgan fingerprint density at radius 2 is 1.57 bits per heavy atom. The summed E-state index contributed by atoms with van der Waals surface area (Å²) >= 11 is 0. The van der Waals surface area contributed by atoms with Crippen LogP contribution >= 0.6 is 7.75 Å². The van der Waals surface area contributed by atoms with Gasteiger partial charge in [-0.3, -0.25) is 9.32 Å². The van der Waals surface area contributed by atoms with Gasteiger partial charge in [0.15, 0.2) is 17.1 Å². The summed E-state index contributed by atoms with van der Waals surface area (Å²) in [5.74, 6) is 1.76. The predicted octanol–water partition coefficient (Wildman–Crippen LogP) is 7.91. The lowest BCUT2D eigenvalue weighted by Crippen LogP contribution is -2.49. The first-order valence-electron chi connectivity index (χ1n) is 19.3. The lowest BCUT2D eigenvalue weighted by Gasteiger charge is -2.33. The number of fused-ring (bicyclic) bond motifs is 1. The molecule has 0 spiro atoms. The van der Waals surface area contributed by atoms with Gasteiger partial charge in [-0.1, -0.05) is 127 Å². The number of nitrogens with one attached hydrogen (secondary N) is 1. The third-order valence-corrected chi connectivity index (χ3v) is 11.0. The van der Waals surface area contributed by atoms with Crippen LogP contribution in [0.5, 0.6) is 5.75 Å². The molecular weight excluding hydrogens is 714 g/mol. The zero-order valence-electron chi connectivity index (χ0n) is 32.2. The molecule has 2 unspecified atom stereocenters. The number of terminal acetylenes is 1. The molecule has 3 aromatic rings. The number of nitrogens with zero attached hydrogens (tertiary/aromatic N) is 4. The smallest absolute Gasteiger partial charge is 0.459 e. The van der Waals surface area contributed by atoms with E-state index in [4.69, 9.17) is 30.7 Å². The van der Waals surface area contributed by atoms with Crippen LogP contribution in [0.25, 0.3) is 11.2 Å². The number of unbranched alkanes of at least 4 members (excludes halogenated alkanes) is 15. The number of hydrogen-bond acceptors (Lipinski definition) is 11. The summed E-state index contributed by atoms with van der Waals surface area (Å²) < 4.78 is 51.9. The van der Waals surface area contributed by atoms with Crippen LogP contribution in [-0.4, -0.2) is 68.7 Å². The minimum absolute atomic E-state index is 0.0219. The van der Waals surface area contributed by atoms with Gasteiger partial charge in [-0.15, -0.1) is 6.42 Å². The van der Waals surface area contributed by atoms with Gasteiger partial charge in [0.05, 0.1) is 19.5 Å². The van der Waals surface area contributed by atoms with Crippen LogP contribution in [0.2, 0.25) is 0 Å². The Labute approximate surface area is 319 Å². The largest absolute Gasteiger partial charge is 0.465 e. The molecule has 13 nitrogen and oxygen atoms in total. The molecule has 300 valence electrons. The number of imidazole rings is 1. The van der Waals surface area contributed by atoms with Crippen molar-refractivity contribution in [2.24, 2.45) is 0 Å².